The molecule has 6 heteroatoms. The lowest BCUT2D eigenvalue weighted by Crippen LogP contribution is -2.27. The number of carbonyl (C=O) groups excluding carboxylic acids is 1. The number of nitrogens with one attached hydrogen (secondary N) is 1. The van der Waals surface area contributed by atoms with E-state index in [1.807, 2.05) is 26.0 Å². The van der Waals surface area contributed by atoms with Crippen molar-refractivity contribution in [1.82, 2.24) is 20.1 Å². The molecule has 1 aliphatic heterocycles. The van der Waals surface area contributed by atoms with Gasteiger partial charge in [-0.25, -0.2) is 14.5 Å². The summed E-state index contributed by atoms with van der Waals surface area (Å²) in [6.07, 6.45) is 9.11. The highest BCUT2D eigenvalue weighted by Crippen LogP contribution is 2.42. The summed E-state index contributed by atoms with van der Waals surface area (Å²) < 4.78 is 7.04. The van der Waals surface area contributed by atoms with Crippen molar-refractivity contribution in [3.63, 3.8) is 0 Å². The number of carbonyl (C=O) groups is 1. The Balaban J connectivity index is 1.30. The number of esters is 1. The van der Waals surface area contributed by atoms with Crippen LogP contribution in [0.2, 0.25) is 0 Å². The fourth-order valence-corrected chi connectivity index (χ4v) is 7.10. The van der Waals surface area contributed by atoms with Crippen LogP contribution in [0.15, 0.2) is 60.8 Å². The van der Waals surface area contributed by atoms with Gasteiger partial charge in [0, 0.05) is 5.56 Å². The molecule has 1 aliphatic carbocycles. The lowest BCUT2D eigenvalue weighted by Gasteiger charge is -2.26. The largest absolute Gasteiger partial charge is 0.462 e. The minimum atomic E-state index is -0.338. The Morgan fingerprint density at radius 3 is 2.62 bits per heavy atom. The molecule has 218 valence electrons. The van der Waals surface area contributed by atoms with Gasteiger partial charge in [-0.05, 0) is 117 Å². The molecule has 1 unspecified atom stereocenters. The lowest BCUT2D eigenvalue weighted by atomic mass is 9.83. The Morgan fingerprint density at radius 2 is 1.83 bits per heavy atom. The molecule has 2 aromatic carbocycles. The zero-order valence-corrected chi connectivity index (χ0v) is 25.2. The van der Waals surface area contributed by atoms with E-state index < -0.39 is 0 Å². The number of nitrogens with zero attached hydrogens (tertiary/aromatic N) is 3. The summed E-state index contributed by atoms with van der Waals surface area (Å²) in [6, 6.07) is 20.1. The second-order valence-corrected chi connectivity index (χ2v) is 11.6. The van der Waals surface area contributed by atoms with Crippen molar-refractivity contribution in [2.45, 2.75) is 77.6 Å². The van der Waals surface area contributed by atoms with Gasteiger partial charge in [-0.3, -0.25) is 0 Å². The van der Waals surface area contributed by atoms with Crippen LogP contribution in [-0.4, -0.2) is 40.4 Å². The van der Waals surface area contributed by atoms with Gasteiger partial charge in [-0.15, -0.1) is 0 Å². The number of hydrogen-bond acceptors (Lipinski definition) is 5. The molecule has 0 saturated carbocycles. The molecule has 6 nitrogen and oxygen atoms in total. The summed E-state index contributed by atoms with van der Waals surface area (Å²) in [5.74, 6) is 1.52. The zero-order valence-electron chi connectivity index (χ0n) is 25.2. The van der Waals surface area contributed by atoms with Crippen LogP contribution in [0.4, 0.5) is 0 Å². The van der Waals surface area contributed by atoms with Crippen LogP contribution in [0.3, 0.4) is 0 Å². The molecule has 0 bridgehead atoms. The topological polar surface area (TPSA) is 69.0 Å². The van der Waals surface area contributed by atoms with Crippen molar-refractivity contribution in [3.8, 4) is 17.1 Å². The number of aryl methyl sites for hydroxylation is 2. The number of benzene rings is 2. The third kappa shape index (κ3) is 5.52. The molecule has 1 fully saturated rings. The molecule has 3 heterocycles. The maximum absolute atomic E-state index is 12.5. The van der Waals surface area contributed by atoms with E-state index in [4.69, 9.17) is 9.72 Å². The Labute approximate surface area is 249 Å². The molecule has 4 aromatic rings. The number of ether oxygens (including phenoxy) is 1. The van der Waals surface area contributed by atoms with E-state index in [1.54, 1.807) is 16.4 Å². The fraction of sp³-hybridized carbons (Fsp3) is 0.417. The molecule has 0 radical (unpaired) electrons. The van der Waals surface area contributed by atoms with Gasteiger partial charge in [0.15, 0.2) is 5.82 Å². The SMILES string of the molecule is CCOC(=O)c1cnn(-c2cccc(-c3cccc4c3C(Cc3ccc(C5CCNCC5)c(CC)c3)CC4)n2)c1CC. The Morgan fingerprint density at radius 1 is 1.00 bits per heavy atom. The van der Waals surface area contributed by atoms with Crippen molar-refractivity contribution in [2.24, 2.45) is 0 Å². The number of pyridine rings is 1. The first kappa shape index (κ1) is 28.4. The molecule has 2 aliphatic rings. The quantitative estimate of drug-likeness (QED) is 0.223. The van der Waals surface area contributed by atoms with E-state index in [2.05, 4.69) is 59.8 Å². The van der Waals surface area contributed by atoms with Crippen LogP contribution in [0, 0.1) is 0 Å². The first-order chi connectivity index (χ1) is 20.6. The third-order valence-corrected chi connectivity index (χ3v) is 9.14. The summed E-state index contributed by atoms with van der Waals surface area (Å²) >= 11 is 0. The molecule has 1 saturated heterocycles. The number of piperidine rings is 1. The summed E-state index contributed by atoms with van der Waals surface area (Å²) in [6.45, 7) is 8.72. The summed E-state index contributed by atoms with van der Waals surface area (Å²) in [5.41, 5.74) is 10.9. The Bertz CT molecular complexity index is 1570. The van der Waals surface area contributed by atoms with E-state index in [0.717, 1.165) is 50.2 Å². The molecule has 1 N–H and O–H groups in total. The molecule has 2 aromatic heterocycles. The van der Waals surface area contributed by atoms with Crippen LogP contribution in [-0.2, 0) is 30.4 Å². The molecule has 0 amide bonds. The standard InChI is InChI=1S/C36H42N4O2/c1-4-25-21-24(13-16-29(25)26-17-19-37-20-18-26)22-28-15-14-27-9-7-10-30(35(27)28)32-11-8-12-34(39-32)40-33(5-2)31(23-38-40)36(41)42-6-3/h7-13,16,21,23,26,28,37H,4-6,14-15,17-20,22H2,1-3H3. The first-order valence-corrected chi connectivity index (χ1v) is 15.8. The minimum absolute atomic E-state index is 0.337. The van der Waals surface area contributed by atoms with E-state index in [1.165, 1.54) is 40.7 Å². The maximum Gasteiger partial charge on any atom is 0.341 e. The highest BCUT2D eigenvalue weighted by molar-refractivity contribution is 5.90. The summed E-state index contributed by atoms with van der Waals surface area (Å²) in [5, 5.41) is 8.06. The highest BCUT2D eigenvalue weighted by Gasteiger charge is 2.27. The van der Waals surface area contributed by atoms with Crippen molar-refractivity contribution in [2.75, 3.05) is 19.7 Å². The van der Waals surface area contributed by atoms with Gasteiger partial charge in [0.1, 0.15) is 5.56 Å². The van der Waals surface area contributed by atoms with E-state index in [-0.39, 0.29) is 5.97 Å². The molecule has 6 rings (SSSR count). The van der Waals surface area contributed by atoms with Crippen molar-refractivity contribution < 1.29 is 9.53 Å². The van der Waals surface area contributed by atoms with Crippen LogP contribution < -0.4 is 5.32 Å². The average Bonchev–Trinajstić information content (AvgIpc) is 3.66. The highest BCUT2D eigenvalue weighted by atomic mass is 16.5. The van der Waals surface area contributed by atoms with E-state index >= 15 is 0 Å². The van der Waals surface area contributed by atoms with Gasteiger partial charge in [-0.2, -0.15) is 5.10 Å². The first-order valence-electron chi connectivity index (χ1n) is 15.8. The van der Waals surface area contributed by atoms with Gasteiger partial charge < -0.3 is 10.1 Å². The smallest absolute Gasteiger partial charge is 0.341 e. The normalized spacial score (nSPS) is 16.9. The van der Waals surface area contributed by atoms with Crippen molar-refractivity contribution in [1.29, 1.82) is 0 Å². The molecular weight excluding hydrogens is 520 g/mol. The minimum Gasteiger partial charge on any atom is -0.462 e. The van der Waals surface area contributed by atoms with Crippen LogP contribution in [0.5, 0.6) is 0 Å². The summed E-state index contributed by atoms with van der Waals surface area (Å²) in [4.78, 5) is 17.6. The van der Waals surface area contributed by atoms with Crippen molar-refractivity contribution >= 4 is 5.97 Å². The predicted octanol–water partition coefficient (Wildman–Crippen LogP) is 6.98. The monoisotopic (exact) mass is 562 g/mol. The number of rotatable bonds is 9. The van der Waals surface area contributed by atoms with Crippen LogP contribution in [0.1, 0.15) is 95.7 Å². The molecule has 0 spiro atoms. The number of hydrogen-bond donors (Lipinski definition) is 1. The van der Waals surface area contributed by atoms with Gasteiger partial charge >= 0.3 is 5.97 Å². The molecular formula is C36H42N4O2. The van der Waals surface area contributed by atoms with E-state index in [9.17, 15) is 4.79 Å². The zero-order chi connectivity index (χ0) is 29.1. The third-order valence-electron chi connectivity index (χ3n) is 9.14. The van der Waals surface area contributed by atoms with Gasteiger partial charge in [0.2, 0.25) is 0 Å². The van der Waals surface area contributed by atoms with Crippen molar-refractivity contribution in [3.05, 3.63) is 99.9 Å². The van der Waals surface area contributed by atoms with Crippen LogP contribution in [0.25, 0.3) is 17.1 Å². The summed E-state index contributed by atoms with van der Waals surface area (Å²) in [7, 11) is 0. The maximum atomic E-state index is 12.5. The van der Waals surface area contributed by atoms with E-state index in [0.29, 0.717) is 36.2 Å². The predicted molar refractivity (Wildman–Crippen MR) is 168 cm³/mol. The molecule has 42 heavy (non-hydrogen) atoms. The number of aromatic nitrogens is 3. The molecule has 1 atom stereocenters. The van der Waals surface area contributed by atoms with Gasteiger partial charge in [0.25, 0.3) is 0 Å². The Kier molecular flexibility index (Phi) is 8.52. The Hall–Kier alpha value is -3.77. The second kappa shape index (κ2) is 12.6. The lowest BCUT2D eigenvalue weighted by molar-refractivity contribution is 0.0525. The van der Waals surface area contributed by atoms with Gasteiger partial charge in [-0.1, -0.05) is 56.3 Å². The number of fused-ring (bicyclic) bond motifs is 1. The average molecular weight is 563 g/mol. The fourth-order valence-electron chi connectivity index (χ4n) is 7.10. The van der Waals surface area contributed by atoms with Crippen LogP contribution >= 0.6 is 0 Å². The second-order valence-electron chi connectivity index (χ2n) is 11.6. The van der Waals surface area contributed by atoms with Gasteiger partial charge in [0.05, 0.1) is 24.2 Å².